The molecule has 1 aromatic heterocycles. The number of halogens is 3. The molecular formula is C11H8Cl2FN5O2. The van der Waals surface area contributed by atoms with Crippen molar-refractivity contribution in [1.82, 2.24) is 9.97 Å². The molecule has 10 heteroatoms. The minimum absolute atomic E-state index is 0.0919. The minimum Gasteiger partial charge on any atom is -0.368 e. The summed E-state index contributed by atoms with van der Waals surface area (Å²) in [4.78, 5) is 17.9. The van der Waals surface area contributed by atoms with Gasteiger partial charge < -0.3 is 11.1 Å². The number of benzene rings is 1. The van der Waals surface area contributed by atoms with E-state index in [1.54, 1.807) is 0 Å². The number of anilines is 3. The molecule has 0 aliphatic heterocycles. The lowest BCUT2D eigenvalue weighted by Gasteiger charge is -2.09. The van der Waals surface area contributed by atoms with Gasteiger partial charge in [-0.1, -0.05) is 23.2 Å². The van der Waals surface area contributed by atoms with Gasteiger partial charge in [0.2, 0.25) is 11.8 Å². The summed E-state index contributed by atoms with van der Waals surface area (Å²) in [6.45, 7) is 1.42. The third-order valence-electron chi connectivity index (χ3n) is 2.50. The molecule has 0 unspecified atom stereocenters. The Hall–Kier alpha value is -2.19. The highest BCUT2D eigenvalue weighted by molar-refractivity contribution is 6.35. The number of hydrogen-bond acceptors (Lipinski definition) is 6. The van der Waals surface area contributed by atoms with E-state index in [1.165, 1.54) is 19.1 Å². The van der Waals surface area contributed by atoms with Crippen LogP contribution in [0.5, 0.6) is 0 Å². The molecular weight excluding hydrogens is 324 g/mol. The quantitative estimate of drug-likeness (QED) is 0.506. The average molecular weight is 332 g/mol. The number of nitrogens with zero attached hydrogens (tertiary/aromatic N) is 3. The summed E-state index contributed by atoms with van der Waals surface area (Å²) >= 11 is 11.3. The lowest BCUT2D eigenvalue weighted by atomic mass is 10.3. The Morgan fingerprint density at radius 3 is 2.43 bits per heavy atom. The fourth-order valence-electron chi connectivity index (χ4n) is 1.66. The first kappa shape index (κ1) is 15.2. The van der Waals surface area contributed by atoms with E-state index in [4.69, 9.17) is 28.9 Å². The summed E-state index contributed by atoms with van der Waals surface area (Å²) in [5.41, 5.74) is 5.44. The fraction of sp³-hybridized carbons (Fsp3) is 0.0909. The Balaban J connectivity index is 2.51. The second-order valence-electron chi connectivity index (χ2n) is 4.00. The van der Waals surface area contributed by atoms with Gasteiger partial charge in [-0.3, -0.25) is 10.1 Å². The van der Waals surface area contributed by atoms with Crippen LogP contribution in [0.3, 0.4) is 0 Å². The molecule has 21 heavy (non-hydrogen) atoms. The molecule has 1 aromatic carbocycles. The van der Waals surface area contributed by atoms with Gasteiger partial charge in [-0.2, -0.15) is 4.98 Å². The molecule has 0 spiro atoms. The summed E-state index contributed by atoms with van der Waals surface area (Å²) in [6.07, 6.45) is 0. The SMILES string of the molecule is Cc1nc(N)nc(Nc2cc(Cl)c(F)c(Cl)c2)c1[N+](=O)[O-]. The third-order valence-corrected chi connectivity index (χ3v) is 3.05. The van der Waals surface area contributed by atoms with Gasteiger partial charge in [0.1, 0.15) is 5.69 Å². The zero-order valence-corrected chi connectivity index (χ0v) is 12.0. The zero-order valence-electron chi connectivity index (χ0n) is 10.5. The molecule has 0 atom stereocenters. The van der Waals surface area contributed by atoms with Gasteiger partial charge in [0.05, 0.1) is 15.0 Å². The number of nitro groups is 1. The highest BCUT2D eigenvalue weighted by Gasteiger charge is 2.22. The molecule has 0 aliphatic rings. The van der Waals surface area contributed by atoms with Gasteiger partial charge in [-0.15, -0.1) is 0 Å². The number of aromatic nitrogens is 2. The molecule has 0 aliphatic carbocycles. The van der Waals surface area contributed by atoms with Crippen LogP contribution in [0.2, 0.25) is 10.0 Å². The second kappa shape index (κ2) is 5.66. The van der Waals surface area contributed by atoms with Crippen LogP contribution in [0.25, 0.3) is 0 Å². The van der Waals surface area contributed by atoms with E-state index in [-0.39, 0.29) is 38.9 Å². The molecule has 0 saturated heterocycles. The van der Waals surface area contributed by atoms with E-state index in [0.29, 0.717) is 0 Å². The van der Waals surface area contributed by atoms with E-state index in [2.05, 4.69) is 15.3 Å². The standard InChI is InChI=1S/C11H8Cl2FN5O2/c1-4-9(19(20)21)10(18-11(15)16-4)17-5-2-6(12)8(14)7(13)3-5/h2-3H,1H3,(H3,15,16,17,18). The number of rotatable bonds is 3. The van der Waals surface area contributed by atoms with Crippen LogP contribution in [0.1, 0.15) is 5.69 Å². The zero-order chi connectivity index (χ0) is 15.7. The van der Waals surface area contributed by atoms with Gasteiger partial charge in [0.25, 0.3) is 0 Å². The van der Waals surface area contributed by atoms with Crippen molar-refractivity contribution >= 4 is 46.3 Å². The number of nitrogen functional groups attached to an aromatic ring is 1. The van der Waals surface area contributed by atoms with E-state index < -0.39 is 10.7 Å². The van der Waals surface area contributed by atoms with E-state index in [1.807, 2.05) is 0 Å². The first-order valence-corrected chi connectivity index (χ1v) is 6.25. The van der Waals surface area contributed by atoms with Gasteiger partial charge in [-0.05, 0) is 19.1 Å². The van der Waals surface area contributed by atoms with Crippen LogP contribution in [-0.2, 0) is 0 Å². The summed E-state index contributed by atoms with van der Waals surface area (Å²) in [5, 5.41) is 13.2. The Kier molecular flexibility index (Phi) is 4.10. The Bertz CT molecular complexity index is 718. The molecule has 0 fully saturated rings. The maximum atomic E-state index is 13.3. The molecule has 0 bridgehead atoms. The van der Waals surface area contributed by atoms with E-state index in [9.17, 15) is 14.5 Å². The highest BCUT2D eigenvalue weighted by atomic mass is 35.5. The maximum absolute atomic E-state index is 13.3. The average Bonchev–Trinajstić information content (AvgIpc) is 2.34. The fourth-order valence-corrected chi connectivity index (χ4v) is 2.15. The molecule has 2 aromatic rings. The van der Waals surface area contributed by atoms with Crippen LogP contribution in [0.15, 0.2) is 12.1 Å². The number of nitrogens with two attached hydrogens (primary N) is 1. The van der Waals surface area contributed by atoms with Crippen molar-refractivity contribution in [1.29, 1.82) is 0 Å². The van der Waals surface area contributed by atoms with Crippen LogP contribution in [0, 0.1) is 22.9 Å². The predicted octanol–water partition coefficient (Wildman–Crippen LogP) is 3.46. The van der Waals surface area contributed by atoms with Crippen LogP contribution >= 0.6 is 23.2 Å². The highest BCUT2D eigenvalue weighted by Crippen LogP contribution is 2.32. The first-order chi connectivity index (χ1) is 9.79. The van der Waals surface area contributed by atoms with Crippen LogP contribution in [0.4, 0.5) is 27.5 Å². The van der Waals surface area contributed by atoms with Gasteiger partial charge in [-0.25, -0.2) is 9.37 Å². The number of hydrogen-bond donors (Lipinski definition) is 2. The molecule has 2 rings (SSSR count). The molecule has 0 saturated carbocycles. The summed E-state index contributed by atoms with van der Waals surface area (Å²) in [5.74, 6) is -1.06. The summed E-state index contributed by atoms with van der Waals surface area (Å²) in [6, 6.07) is 2.44. The Labute approximate surface area is 128 Å². The predicted molar refractivity (Wildman–Crippen MR) is 77.5 cm³/mol. The van der Waals surface area contributed by atoms with Gasteiger partial charge in [0.15, 0.2) is 5.82 Å². The van der Waals surface area contributed by atoms with Gasteiger partial charge in [0, 0.05) is 5.69 Å². The van der Waals surface area contributed by atoms with Crippen molar-refractivity contribution in [3.63, 3.8) is 0 Å². The van der Waals surface area contributed by atoms with Crippen LogP contribution in [-0.4, -0.2) is 14.9 Å². The lowest BCUT2D eigenvalue weighted by Crippen LogP contribution is -2.07. The van der Waals surface area contributed by atoms with Gasteiger partial charge >= 0.3 is 5.69 Å². The summed E-state index contributed by atoms with van der Waals surface area (Å²) < 4.78 is 13.3. The first-order valence-electron chi connectivity index (χ1n) is 5.49. The molecule has 7 nitrogen and oxygen atoms in total. The normalized spacial score (nSPS) is 10.5. The maximum Gasteiger partial charge on any atom is 0.332 e. The monoisotopic (exact) mass is 331 g/mol. The van der Waals surface area contributed by atoms with E-state index in [0.717, 1.165) is 0 Å². The van der Waals surface area contributed by atoms with Crippen molar-refractivity contribution in [2.24, 2.45) is 0 Å². The van der Waals surface area contributed by atoms with Crippen molar-refractivity contribution in [3.05, 3.63) is 43.8 Å². The Morgan fingerprint density at radius 2 is 1.90 bits per heavy atom. The van der Waals surface area contributed by atoms with Crippen molar-refractivity contribution in [2.75, 3.05) is 11.1 Å². The molecule has 0 radical (unpaired) electrons. The van der Waals surface area contributed by atoms with Crippen molar-refractivity contribution < 1.29 is 9.31 Å². The summed E-state index contributed by atoms with van der Waals surface area (Å²) in [7, 11) is 0. The van der Waals surface area contributed by atoms with Crippen LogP contribution < -0.4 is 11.1 Å². The smallest absolute Gasteiger partial charge is 0.332 e. The minimum atomic E-state index is -0.781. The third kappa shape index (κ3) is 3.11. The molecule has 3 N–H and O–H groups in total. The molecule has 0 amide bonds. The largest absolute Gasteiger partial charge is 0.368 e. The number of aryl methyl sites for hydroxylation is 1. The topological polar surface area (TPSA) is 107 Å². The van der Waals surface area contributed by atoms with Crippen molar-refractivity contribution in [3.8, 4) is 0 Å². The number of nitrogens with one attached hydrogen (secondary N) is 1. The van der Waals surface area contributed by atoms with Crippen molar-refractivity contribution in [2.45, 2.75) is 6.92 Å². The molecule has 110 valence electrons. The molecule has 1 heterocycles. The second-order valence-corrected chi connectivity index (χ2v) is 4.81. The van der Waals surface area contributed by atoms with E-state index >= 15 is 0 Å². The lowest BCUT2D eigenvalue weighted by molar-refractivity contribution is -0.385. The Morgan fingerprint density at radius 1 is 1.33 bits per heavy atom.